The van der Waals surface area contributed by atoms with Crippen LogP contribution >= 0.6 is 0 Å². The molecule has 3 nitrogen and oxygen atoms in total. The first-order valence-corrected chi connectivity index (χ1v) is 6.56. The predicted octanol–water partition coefficient (Wildman–Crippen LogP) is 3.21. The number of hydrogen-bond acceptors (Lipinski definition) is 2. The Hall–Kier alpha value is -1.64. The number of rotatable bonds is 4. The van der Waals surface area contributed by atoms with Crippen molar-refractivity contribution in [2.75, 3.05) is 6.54 Å². The second-order valence-electron chi connectivity index (χ2n) is 5.08. The van der Waals surface area contributed by atoms with Gasteiger partial charge in [0.25, 0.3) is 11.8 Å². The van der Waals surface area contributed by atoms with Gasteiger partial charge in [-0.3, -0.25) is 14.5 Å². The van der Waals surface area contributed by atoms with Gasteiger partial charge < -0.3 is 0 Å². The molecule has 1 aromatic carbocycles. The van der Waals surface area contributed by atoms with E-state index in [1.807, 2.05) is 12.1 Å². The maximum Gasteiger partial charge on any atom is 0.261 e. The van der Waals surface area contributed by atoms with Crippen LogP contribution in [0.1, 0.15) is 65.8 Å². The lowest BCUT2D eigenvalue weighted by Crippen LogP contribution is -2.30. The summed E-state index contributed by atoms with van der Waals surface area (Å²) in [6.07, 6.45) is 1.84. The molecular formula is C15H19NO2. The Morgan fingerprint density at radius 3 is 2.39 bits per heavy atom. The highest BCUT2D eigenvalue weighted by Gasteiger charge is 2.35. The van der Waals surface area contributed by atoms with E-state index in [1.54, 1.807) is 6.07 Å². The quantitative estimate of drug-likeness (QED) is 0.764. The molecule has 0 saturated carbocycles. The Balaban J connectivity index is 2.33. The Kier molecular flexibility index (Phi) is 3.50. The van der Waals surface area contributed by atoms with Crippen molar-refractivity contribution in [3.63, 3.8) is 0 Å². The number of amides is 2. The zero-order chi connectivity index (χ0) is 13.3. The van der Waals surface area contributed by atoms with Gasteiger partial charge in [0.1, 0.15) is 0 Å². The second kappa shape index (κ2) is 4.92. The van der Waals surface area contributed by atoms with Gasteiger partial charge in [-0.05, 0) is 30.0 Å². The summed E-state index contributed by atoms with van der Waals surface area (Å²) >= 11 is 0. The minimum atomic E-state index is -0.140. The van der Waals surface area contributed by atoms with Crippen molar-refractivity contribution in [2.24, 2.45) is 0 Å². The van der Waals surface area contributed by atoms with Crippen LogP contribution < -0.4 is 0 Å². The molecule has 1 heterocycles. The van der Waals surface area contributed by atoms with Gasteiger partial charge >= 0.3 is 0 Å². The Morgan fingerprint density at radius 1 is 1.11 bits per heavy atom. The third-order valence-corrected chi connectivity index (χ3v) is 3.40. The molecule has 3 heteroatoms. The third kappa shape index (κ3) is 2.05. The average Bonchev–Trinajstić information content (AvgIpc) is 2.59. The van der Waals surface area contributed by atoms with Gasteiger partial charge in [0.05, 0.1) is 11.1 Å². The van der Waals surface area contributed by atoms with Crippen molar-refractivity contribution in [2.45, 2.75) is 39.5 Å². The summed E-state index contributed by atoms with van der Waals surface area (Å²) in [4.78, 5) is 25.7. The van der Waals surface area contributed by atoms with Crippen molar-refractivity contribution >= 4 is 11.8 Å². The molecule has 0 atom stereocenters. The lowest BCUT2D eigenvalue weighted by Gasteiger charge is -2.12. The number of nitrogens with zero attached hydrogens (tertiary/aromatic N) is 1. The molecule has 0 unspecified atom stereocenters. The Labute approximate surface area is 108 Å². The van der Waals surface area contributed by atoms with E-state index in [4.69, 9.17) is 0 Å². The third-order valence-electron chi connectivity index (χ3n) is 3.40. The maximum absolute atomic E-state index is 12.2. The highest BCUT2D eigenvalue weighted by atomic mass is 16.2. The fourth-order valence-corrected chi connectivity index (χ4v) is 2.19. The van der Waals surface area contributed by atoms with Crippen LogP contribution in [0.5, 0.6) is 0 Å². The molecule has 1 aliphatic rings. The fraction of sp³-hybridized carbons (Fsp3) is 0.467. The van der Waals surface area contributed by atoms with Gasteiger partial charge in [-0.25, -0.2) is 0 Å². The zero-order valence-corrected chi connectivity index (χ0v) is 11.2. The van der Waals surface area contributed by atoms with Crippen LogP contribution in [0.15, 0.2) is 18.2 Å². The molecule has 1 aromatic rings. The van der Waals surface area contributed by atoms with Gasteiger partial charge in [-0.1, -0.05) is 33.3 Å². The second-order valence-corrected chi connectivity index (χ2v) is 5.08. The lowest BCUT2D eigenvalue weighted by molar-refractivity contribution is 0.0652. The zero-order valence-electron chi connectivity index (χ0n) is 11.2. The molecular weight excluding hydrogens is 226 g/mol. The summed E-state index contributed by atoms with van der Waals surface area (Å²) in [6, 6.07) is 5.60. The topological polar surface area (TPSA) is 37.4 Å². The summed E-state index contributed by atoms with van der Waals surface area (Å²) in [5, 5.41) is 0. The number of carbonyl (C=O) groups is 2. The smallest absolute Gasteiger partial charge is 0.261 e. The normalized spacial score (nSPS) is 14.6. The number of unbranched alkanes of at least 4 members (excludes halogenated alkanes) is 1. The van der Waals surface area contributed by atoms with Gasteiger partial charge in [0.15, 0.2) is 0 Å². The number of carbonyl (C=O) groups excluding carboxylic acids is 2. The summed E-state index contributed by atoms with van der Waals surface area (Å²) in [7, 11) is 0. The van der Waals surface area contributed by atoms with Crippen LogP contribution in [0.4, 0.5) is 0 Å². The average molecular weight is 245 g/mol. The predicted molar refractivity (Wildman–Crippen MR) is 70.8 cm³/mol. The minimum absolute atomic E-state index is 0.133. The Bertz CT molecular complexity index is 491. The summed E-state index contributed by atoms with van der Waals surface area (Å²) in [5.41, 5.74) is 2.23. The molecule has 18 heavy (non-hydrogen) atoms. The van der Waals surface area contributed by atoms with Gasteiger partial charge in [0.2, 0.25) is 0 Å². The van der Waals surface area contributed by atoms with E-state index >= 15 is 0 Å². The van der Waals surface area contributed by atoms with Crippen LogP contribution in [0.3, 0.4) is 0 Å². The first-order valence-electron chi connectivity index (χ1n) is 6.56. The number of fused-ring (bicyclic) bond motifs is 1. The Morgan fingerprint density at radius 2 is 1.78 bits per heavy atom. The summed E-state index contributed by atoms with van der Waals surface area (Å²) in [6.45, 7) is 6.74. The van der Waals surface area contributed by atoms with E-state index in [-0.39, 0.29) is 11.8 Å². The van der Waals surface area contributed by atoms with Crippen molar-refractivity contribution in [1.29, 1.82) is 0 Å². The first kappa shape index (κ1) is 12.8. The molecule has 0 saturated heterocycles. The maximum atomic E-state index is 12.2. The lowest BCUT2D eigenvalue weighted by atomic mass is 9.98. The molecule has 0 fully saturated rings. The van der Waals surface area contributed by atoms with Gasteiger partial charge in [-0.15, -0.1) is 0 Å². The van der Waals surface area contributed by atoms with Crippen molar-refractivity contribution in [3.8, 4) is 0 Å². The molecule has 1 aliphatic heterocycles. The van der Waals surface area contributed by atoms with E-state index < -0.39 is 0 Å². The standard InChI is InChI=1S/C15H19NO2/c1-4-5-8-16-14(17)12-7-6-11(10(2)3)9-13(12)15(16)18/h6-7,9-10H,4-5,8H2,1-3H3. The first-order chi connectivity index (χ1) is 8.56. The molecule has 0 bridgehead atoms. The van der Waals surface area contributed by atoms with E-state index in [1.165, 1.54) is 4.90 Å². The molecule has 96 valence electrons. The van der Waals surface area contributed by atoms with Gasteiger partial charge in [0, 0.05) is 6.54 Å². The fourth-order valence-electron chi connectivity index (χ4n) is 2.19. The summed E-state index contributed by atoms with van der Waals surface area (Å²) < 4.78 is 0. The van der Waals surface area contributed by atoms with Crippen molar-refractivity contribution in [3.05, 3.63) is 34.9 Å². The summed E-state index contributed by atoms with van der Waals surface area (Å²) in [5.74, 6) is 0.0904. The highest BCUT2D eigenvalue weighted by molar-refractivity contribution is 6.21. The largest absolute Gasteiger partial charge is 0.274 e. The molecule has 2 rings (SSSR count). The van der Waals surface area contributed by atoms with Crippen LogP contribution in [-0.2, 0) is 0 Å². The van der Waals surface area contributed by atoms with Crippen LogP contribution in [0, 0.1) is 0 Å². The molecule has 0 spiro atoms. The molecule has 0 aliphatic carbocycles. The molecule has 0 aromatic heterocycles. The number of benzene rings is 1. The number of hydrogen-bond donors (Lipinski definition) is 0. The van der Waals surface area contributed by atoms with E-state index in [0.29, 0.717) is 23.6 Å². The van der Waals surface area contributed by atoms with Crippen molar-refractivity contribution in [1.82, 2.24) is 4.90 Å². The number of imide groups is 1. The monoisotopic (exact) mass is 245 g/mol. The molecule has 0 N–H and O–H groups in total. The van der Waals surface area contributed by atoms with Crippen LogP contribution in [-0.4, -0.2) is 23.3 Å². The van der Waals surface area contributed by atoms with Crippen LogP contribution in [0.25, 0.3) is 0 Å². The van der Waals surface area contributed by atoms with E-state index in [2.05, 4.69) is 20.8 Å². The van der Waals surface area contributed by atoms with E-state index in [9.17, 15) is 9.59 Å². The van der Waals surface area contributed by atoms with Crippen molar-refractivity contribution < 1.29 is 9.59 Å². The van der Waals surface area contributed by atoms with E-state index in [0.717, 1.165) is 18.4 Å². The highest BCUT2D eigenvalue weighted by Crippen LogP contribution is 2.26. The molecule has 0 radical (unpaired) electrons. The molecule has 2 amide bonds. The van der Waals surface area contributed by atoms with Gasteiger partial charge in [-0.2, -0.15) is 0 Å². The SMILES string of the molecule is CCCCN1C(=O)c2ccc(C(C)C)cc2C1=O. The minimum Gasteiger partial charge on any atom is -0.274 e. The van der Waals surface area contributed by atoms with Crippen LogP contribution in [0.2, 0.25) is 0 Å².